The molecule has 0 saturated heterocycles. The number of para-hydroxylation sites is 1. The summed E-state index contributed by atoms with van der Waals surface area (Å²) in [6.45, 7) is 1.99. The van der Waals surface area contributed by atoms with Gasteiger partial charge in [0.1, 0.15) is 17.9 Å². The first-order valence-corrected chi connectivity index (χ1v) is 9.90. The Balaban J connectivity index is 1.53. The van der Waals surface area contributed by atoms with Gasteiger partial charge in [-0.1, -0.05) is 35.5 Å². The highest BCUT2D eigenvalue weighted by Crippen LogP contribution is 2.39. The number of aromatic nitrogens is 3. The van der Waals surface area contributed by atoms with Gasteiger partial charge >= 0.3 is 0 Å². The summed E-state index contributed by atoms with van der Waals surface area (Å²) in [4.78, 5) is 12.2. The monoisotopic (exact) mass is 405 g/mol. The van der Waals surface area contributed by atoms with Crippen LogP contribution in [-0.4, -0.2) is 32.0 Å². The number of benzene rings is 1. The number of carbonyl (C=O) groups is 1. The van der Waals surface area contributed by atoms with Crippen molar-refractivity contribution in [3.63, 3.8) is 0 Å². The molecule has 1 fully saturated rings. The number of carbonyl (C=O) groups excluding carboxylic acids is 1. The Morgan fingerprint density at radius 2 is 2.22 bits per heavy atom. The van der Waals surface area contributed by atoms with E-state index in [-0.39, 0.29) is 24.2 Å². The Kier molecular flexibility index (Phi) is 5.92. The smallest absolute Gasteiger partial charge is 0.231 e. The highest BCUT2D eigenvalue weighted by Gasteiger charge is 2.42. The van der Waals surface area contributed by atoms with E-state index in [4.69, 9.17) is 16.3 Å². The van der Waals surface area contributed by atoms with E-state index in [9.17, 15) is 10.1 Å². The lowest BCUT2D eigenvalue weighted by Gasteiger charge is -2.22. The van der Waals surface area contributed by atoms with Gasteiger partial charge in [-0.3, -0.25) is 4.79 Å². The van der Waals surface area contributed by atoms with Gasteiger partial charge < -0.3 is 14.6 Å². The molecule has 0 radical (unpaired) electrons. The number of nitrogens with one attached hydrogen (secondary N) is 1. The van der Waals surface area contributed by atoms with Crippen molar-refractivity contribution < 1.29 is 9.53 Å². The molecule has 9 heteroatoms. The standard InChI is InChI=1S/C18H20ClN5O2S/c1-18(11-20,12-7-8-12)21-16(25)10-27-17-23-22-15(24(17)2)9-26-14-6-4-3-5-13(14)19/h3-6,12H,7-10H2,1-2H3,(H,21,25). The Hall–Kier alpha value is -2.24. The first-order valence-electron chi connectivity index (χ1n) is 8.53. The minimum atomic E-state index is -0.786. The normalized spacial score (nSPS) is 15.6. The number of amides is 1. The van der Waals surface area contributed by atoms with E-state index >= 15 is 0 Å². The molecule has 1 heterocycles. The molecule has 1 atom stereocenters. The first-order chi connectivity index (χ1) is 12.9. The maximum Gasteiger partial charge on any atom is 0.231 e. The van der Waals surface area contributed by atoms with Crippen LogP contribution in [0.5, 0.6) is 5.75 Å². The van der Waals surface area contributed by atoms with E-state index in [2.05, 4.69) is 21.6 Å². The van der Waals surface area contributed by atoms with Gasteiger partial charge in [0.2, 0.25) is 5.91 Å². The quantitative estimate of drug-likeness (QED) is 0.678. The summed E-state index contributed by atoms with van der Waals surface area (Å²) in [7, 11) is 1.81. The third kappa shape index (κ3) is 4.73. The largest absolute Gasteiger partial charge is 0.484 e. The summed E-state index contributed by atoms with van der Waals surface area (Å²) >= 11 is 7.34. The second-order valence-electron chi connectivity index (χ2n) is 6.60. The minimum absolute atomic E-state index is 0.168. The van der Waals surface area contributed by atoms with Gasteiger partial charge in [-0.25, -0.2) is 0 Å². The topological polar surface area (TPSA) is 92.8 Å². The van der Waals surface area contributed by atoms with Gasteiger partial charge in [0.15, 0.2) is 11.0 Å². The number of hydrogen-bond acceptors (Lipinski definition) is 6. The Bertz CT molecular complexity index is 877. The Morgan fingerprint density at radius 3 is 2.89 bits per heavy atom. The van der Waals surface area contributed by atoms with Gasteiger partial charge in [0, 0.05) is 7.05 Å². The average molecular weight is 406 g/mol. The molecule has 1 unspecified atom stereocenters. The van der Waals surface area contributed by atoms with E-state index in [1.54, 1.807) is 23.6 Å². The van der Waals surface area contributed by atoms with Gasteiger partial charge in [0.05, 0.1) is 16.8 Å². The Morgan fingerprint density at radius 1 is 1.48 bits per heavy atom. The molecule has 0 bridgehead atoms. The molecule has 0 spiro atoms. The van der Waals surface area contributed by atoms with Crippen molar-refractivity contribution in [1.29, 1.82) is 5.26 Å². The number of ether oxygens (including phenoxy) is 1. The molecule has 2 aromatic rings. The number of rotatable bonds is 8. The van der Waals surface area contributed by atoms with Crippen molar-refractivity contribution >= 4 is 29.3 Å². The molecule has 1 saturated carbocycles. The fourth-order valence-electron chi connectivity index (χ4n) is 2.64. The predicted molar refractivity (Wildman–Crippen MR) is 102 cm³/mol. The molecule has 7 nitrogen and oxygen atoms in total. The number of thioether (sulfide) groups is 1. The van der Waals surface area contributed by atoms with Gasteiger partial charge in [0.25, 0.3) is 0 Å². The zero-order valence-corrected chi connectivity index (χ0v) is 16.7. The number of halogens is 1. The number of nitrogens with zero attached hydrogens (tertiary/aromatic N) is 4. The second-order valence-corrected chi connectivity index (χ2v) is 7.95. The molecule has 1 aliphatic rings. The molecular weight excluding hydrogens is 386 g/mol. The maximum atomic E-state index is 12.2. The van der Waals surface area contributed by atoms with E-state index in [0.717, 1.165) is 12.8 Å². The Labute approximate surface area is 167 Å². The van der Waals surface area contributed by atoms with Crippen molar-refractivity contribution in [3.05, 3.63) is 35.1 Å². The molecule has 3 rings (SSSR count). The van der Waals surface area contributed by atoms with Crippen LogP contribution < -0.4 is 10.1 Å². The summed E-state index contributed by atoms with van der Waals surface area (Å²) < 4.78 is 7.45. The third-order valence-corrected chi connectivity index (χ3v) is 5.81. The average Bonchev–Trinajstić information content (AvgIpc) is 3.45. The predicted octanol–water partition coefficient (Wildman–Crippen LogP) is 2.95. The molecule has 0 aliphatic heterocycles. The highest BCUT2D eigenvalue weighted by atomic mass is 35.5. The SMILES string of the molecule is Cn1c(COc2ccccc2Cl)nnc1SCC(=O)NC(C)(C#N)C1CC1. The zero-order chi connectivity index (χ0) is 19.4. The highest BCUT2D eigenvalue weighted by molar-refractivity contribution is 7.99. The fourth-order valence-corrected chi connectivity index (χ4v) is 3.56. The third-order valence-electron chi connectivity index (χ3n) is 4.48. The molecule has 27 heavy (non-hydrogen) atoms. The van der Waals surface area contributed by atoms with Crippen LogP contribution in [0.25, 0.3) is 0 Å². The van der Waals surface area contributed by atoms with E-state index in [0.29, 0.717) is 21.8 Å². The lowest BCUT2D eigenvalue weighted by atomic mass is 9.98. The van der Waals surface area contributed by atoms with Gasteiger partial charge in [-0.15, -0.1) is 10.2 Å². The molecule has 1 aromatic carbocycles. The van der Waals surface area contributed by atoms with Crippen molar-refractivity contribution in [2.45, 2.75) is 37.1 Å². The van der Waals surface area contributed by atoms with Crippen molar-refractivity contribution in [1.82, 2.24) is 20.1 Å². The van der Waals surface area contributed by atoms with E-state index in [1.807, 2.05) is 19.2 Å². The van der Waals surface area contributed by atoms with E-state index in [1.165, 1.54) is 11.8 Å². The minimum Gasteiger partial charge on any atom is -0.484 e. The fraction of sp³-hybridized carbons (Fsp3) is 0.444. The van der Waals surface area contributed by atoms with Crippen LogP contribution in [0.1, 0.15) is 25.6 Å². The van der Waals surface area contributed by atoms with Crippen molar-refractivity contribution in [3.8, 4) is 11.8 Å². The zero-order valence-electron chi connectivity index (χ0n) is 15.1. The number of nitriles is 1. The van der Waals surface area contributed by atoms with Crippen LogP contribution in [0.2, 0.25) is 5.02 Å². The van der Waals surface area contributed by atoms with Crippen molar-refractivity contribution in [2.75, 3.05) is 5.75 Å². The van der Waals surface area contributed by atoms with Gasteiger partial charge in [-0.2, -0.15) is 5.26 Å². The van der Waals surface area contributed by atoms with Gasteiger partial charge in [-0.05, 0) is 37.8 Å². The molecule has 1 amide bonds. The van der Waals surface area contributed by atoms with Crippen molar-refractivity contribution in [2.24, 2.45) is 13.0 Å². The maximum absolute atomic E-state index is 12.2. The van der Waals surface area contributed by atoms with Crippen LogP contribution >= 0.6 is 23.4 Å². The molecular formula is C18H20ClN5O2S. The summed E-state index contributed by atoms with van der Waals surface area (Å²) in [6.07, 6.45) is 1.96. The molecule has 1 N–H and O–H groups in total. The summed E-state index contributed by atoms with van der Waals surface area (Å²) in [5.74, 6) is 1.43. The lowest BCUT2D eigenvalue weighted by molar-refractivity contribution is -0.119. The summed E-state index contributed by atoms with van der Waals surface area (Å²) in [5.41, 5.74) is -0.786. The van der Waals surface area contributed by atoms with Crippen LogP contribution in [0.4, 0.5) is 0 Å². The number of hydrogen-bond donors (Lipinski definition) is 1. The molecule has 142 valence electrons. The summed E-state index contributed by atoms with van der Waals surface area (Å²) in [5, 5.41) is 21.5. The second kappa shape index (κ2) is 8.19. The van der Waals surface area contributed by atoms with Crippen LogP contribution in [0.3, 0.4) is 0 Å². The van der Waals surface area contributed by atoms with E-state index < -0.39 is 5.54 Å². The molecule has 1 aliphatic carbocycles. The van der Waals surface area contributed by atoms with Crippen LogP contribution in [0.15, 0.2) is 29.4 Å². The first kappa shape index (κ1) is 19.5. The van der Waals surface area contributed by atoms with Crippen LogP contribution in [-0.2, 0) is 18.4 Å². The molecule has 1 aromatic heterocycles. The van der Waals surface area contributed by atoms with Crippen LogP contribution in [0, 0.1) is 17.2 Å². The lowest BCUT2D eigenvalue weighted by Crippen LogP contribution is -2.47. The summed E-state index contributed by atoms with van der Waals surface area (Å²) in [6, 6.07) is 9.43.